The molecule has 0 atom stereocenters. The summed E-state index contributed by atoms with van der Waals surface area (Å²) in [6, 6.07) is 9.83. The number of nitrogens with one attached hydrogen (secondary N) is 1. The lowest BCUT2D eigenvalue weighted by atomic mass is 10.2. The molecule has 1 saturated carbocycles. The van der Waals surface area contributed by atoms with Gasteiger partial charge in [0, 0.05) is 11.5 Å². The number of carbonyl (C=O) groups excluding carboxylic acids is 1. The van der Waals surface area contributed by atoms with Gasteiger partial charge in [0.25, 0.3) is 0 Å². The molecule has 2 aromatic rings. The summed E-state index contributed by atoms with van der Waals surface area (Å²) >= 11 is 1.41. The van der Waals surface area contributed by atoms with Gasteiger partial charge < -0.3 is 5.32 Å². The Morgan fingerprint density at radius 1 is 1.24 bits per heavy atom. The van der Waals surface area contributed by atoms with Crippen LogP contribution >= 0.6 is 11.3 Å². The predicted octanol–water partition coefficient (Wildman–Crippen LogP) is 2.55. The molecule has 0 aliphatic heterocycles. The molecule has 1 heterocycles. The van der Waals surface area contributed by atoms with Gasteiger partial charge in [-0.2, -0.15) is 0 Å². The molecule has 0 unspecified atom stereocenters. The van der Waals surface area contributed by atoms with Crippen molar-refractivity contribution in [2.45, 2.75) is 12.8 Å². The van der Waals surface area contributed by atoms with E-state index in [0.717, 1.165) is 23.4 Å². The number of amides is 1. The zero-order valence-electron chi connectivity index (χ0n) is 9.09. The van der Waals surface area contributed by atoms with Gasteiger partial charge in [-0.1, -0.05) is 41.7 Å². The summed E-state index contributed by atoms with van der Waals surface area (Å²) in [5.41, 5.74) is 1.02. The number of nitrogens with zero attached hydrogens (tertiary/aromatic N) is 2. The lowest BCUT2D eigenvalue weighted by Crippen LogP contribution is -2.12. The molecule has 1 amide bonds. The predicted molar refractivity (Wildman–Crippen MR) is 66.7 cm³/mol. The maximum absolute atomic E-state index is 11.5. The highest BCUT2D eigenvalue weighted by molar-refractivity contribution is 7.18. The molecule has 0 spiro atoms. The fourth-order valence-corrected chi connectivity index (χ4v) is 2.28. The molecule has 5 heteroatoms. The average Bonchev–Trinajstić information content (AvgIpc) is 3.12. The van der Waals surface area contributed by atoms with Gasteiger partial charge in [0.1, 0.15) is 5.01 Å². The lowest BCUT2D eigenvalue weighted by molar-refractivity contribution is -0.117. The molecule has 1 aromatic carbocycles. The van der Waals surface area contributed by atoms with Crippen molar-refractivity contribution in [3.05, 3.63) is 30.3 Å². The van der Waals surface area contributed by atoms with E-state index in [-0.39, 0.29) is 11.8 Å². The fraction of sp³-hybridized carbons (Fsp3) is 0.250. The van der Waals surface area contributed by atoms with Crippen LogP contribution in [0.15, 0.2) is 30.3 Å². The van der Waals surface area contributed by atoms with Crippen LogP contribution in [-0.2, 0) is 4.79 Å². The molecule has 0 saturated heterocycles. The van der Waals surface area contributed by atoms with Gasteiger partial charge in [-0.15, -0.1) is 10.2 Å². The molecule has 1 fully saturated rings. The number of benzene rings is 1. The summed E-state index contributed by atoms with van der Waals surface area (Å²) in [5.74, 6) is 0.264. The highest BCUT2D eigenvalue weighted by Crippen LogP contribution is 2.31. The summed E-state index contributed by atoms with van der Waals surface area (Å²) in [6.45, 7) is 0. The van der Waals surface area contributed by atoms with Gasteiger partial charge in [-0.25, -0.2) is 0 Å². The maximum Gasteiger partial charge on any atom is 0.229 e. The van der Waals surface area contributed by atoms with Gasteiger partial charge in [0.15, 0.2) is 0 Å². The Kier molecular flexibility index (Phi) is 2.60. The molecular weight excluding hydrogens is 234 g/mol. The Hall–Kier alpha value is -1.75. The van der Waals surface area contributed by atoms with E-state index in [1.54, 1.807) is 0 Å². The minimum absolute atomic E-state index is 0.0701. The summed E-state index contributed by atoms with van der Waals surface area (Å²) in [6.07, 6.45) is 1.99. The van der Waals surface area contributed by atoms with E-state index < -0.39 is 0 Å². The molecule has 1 aliphatic rings. The van der Waals surface area contributed by atoms with E-state index in [2.05, 4.69) is 15.5 Å². The Morgan fingerprint density at radius 3 is 2.71 bits per heavy atom. The van der Waals surface area contributed by atoms with Crippen molar-refractivity contribution in [2.75, 3.05) is 5.32 Å². The molecule has 0 bridgehead atoms. The minimum Gasteiger partial charge on any atom is -0.300 e. The third-order valence-corrected chi connectivity index (χ3v) is 3.51. The summed E-state index contributed by atoms with van der Waals surface area (Å²) < 4.78 is 0. The summed E-state index contributed by atoms with van der Waals surface area (Å²) in [4.78, 5) is 11.5. The first-order valence-corrected chi connectivity index (χ1v) is 6.34. The second-order valence-electron chi connectivity index (χ2n) is 4.04. The van der Waals surface area contributed by atoms with Crippen LogP contribution in [0.2, 0.25) is 0 Å². The van der Waals surface area contributed by atoms with E-state index in [1.807, 2.05) is 30.3 Å². The zero-order valence-corrected chi connectivity index (χ0v) is 9.91. The van der Waals surface area contributed by atoms with Gasteiger partial charge in [-0.05, 0) is 12.8 Å². The largest absolute Gasteiger partial charge is 0.300 e. The normalized spacial score (nSPS) is 14.6. The molecule has 1 N–H and O–H groups in total. The molecule has 0 radical (unpaired) electrons. The van der Waals surface area contributed by atoms with E-state index in [9.17, 15) is 4.79 Å². The van der Waals surface area contributed by atoms with Crippen LogP contribution in [-0.4, -0.2) is 16.1 Å². The monoisotopic (exact) mass is 245 g/mol. The second-order valence-corrected chi connectivity index (χ2v) is 5.02. The van der Waals surface area contributed by atoms with Crippen molar-refractivity contribution in [1.82, 2.24) is 10.2 Å². The van der Waals surface area contributed by atoms with Crippen molar-refractivity contribution < 1.29 is 4.79 Å². The van der Waals surface area contributed by atoms with Gasteiger partial charge in [0.2, 0.25) is 11.0 Å². The smallest absolute Gasteiger partial charge is 0.229 e. The van der Waals surface area contributed by atoms with Crippen molar-refractivity contribution in [1.29, 1.82) is 0 Å². The van der Waals surface area contributed by atoms with Crippen LogP contribution in [0.1, 0.15) is 12.8 Å². The minimum atomic E-state index is 0.0701. The third-order valence-electron chi connectivity index (χ3n) is 2.62. The van der Waals surface area contributed by atoms with Crippen LogP contribution in [0.4, 0.5) is 5.13 Å². The van der Waals surface area contributed by atoms with Crippen LogP contribution < -0.4 is 5.32 Å². The van der Waals surface area contributed by atoms with E-state index in [0.29, 0.717) is 5.13 Å². The Balaban J connectivity index is 1.76. The third kappa shape index (κ3) is 2.34. The van der Waals surface area contributed by atoms with Crippen molar-refractivity contribution >= 4 is 22.4 Å². The second kappa shape index (κ2) is 4.25. The molecule has 1 aromatic heterocycles. The SMILES string of the molecule is O=C(Nc1nnc(-c2ccccc2)s1)C1CC1. The highest BCUT2D eigenvalue weighted by atomic mass is 32.1. The van der Waals surface area contributed by atoms with Crippen LogP contribution in [0.25, 0.3) is 10.6 Å². The number of hydrogen-bond donors (Lipinski definition) is 1. The average molecular weight is 245 g/mol. The van der Waals surface area contributed by atoms with Crippen LogP contribution in [0.3, 0.4) is 0 Å². The molecule has 86 valence electrons. The number of hydrogen-bond acceptors (Lipinski definition) is 4. The lowest BCUT2D eigenvalue weighted by Gasteiger charge is -1.96. The van der Waals surface area contributed by atoms with Crippen LogP contribution in [0.5, 0.6) is 0 Å². The number of carbonyl (C=O) groups is 1. The quantitative estimate of drug-likeness (QED) is 0.904. The van der Waals surface area contributed by atoms with E-state index >= 15 is 0 Å². The standard InChI is InChI=1S/C12H11N3OS/c16-10(8-6-7-8)13-12-15-14-11(17-12)9-4-2-1-3-5-9/h1-5,8H,6-7H2,(H,13,15,16). The molecule has 4 nitrogen and oxygen atoms in total. The zero-order chi connectivity index (χ0) is 11.7. The van der Waals surface area contributed by atoms with E-state index in [1.165, 1.54) is 11.3 Å². The van der Waals surface area contributed by atoms with Gasteiger partial charge in [-0.3, -0.25) is 4.79 Å². The van der Waals surface area contributed by atoms with E-state index in [4.69, 9.17) is 0 Å². The van der Waals surface area contributed by atoms with Gasteiger partial charge >= 0.3 is 0 Å². The topological polar surface area (TPSA) is 54.9 Å². The first-order valence-electron chi connectivity index (χ1n) is 5.53. The Labute approximate surface area is 103 Å². The highest BCUT2D eigenvalue weighted by Gasteiger charge is 2.30. The summed E-state index contributed by atoms with van der Waals surface area (Å²) in [7, 11) is 0. The number of aromatic nitrogens is 2. The first kappa shape index (κ1) is 10.4. The first-order chi connectivity index (χ1) is 8.33. The van der Waals surface area contributed by atoms with Crippen molar-refractivity contribution in [2.24, 2.45) is 5.92 Å². The van der Waals surface area contributed by atoms with Crippen molar-refractivity contribution in [3.63, 3.8) is 0 Å². The van der Waals surface area contributed by atoms with Crippen molar-refractivity contribution in [3.8, 4) is 10.6 Å². The maximum atomic E-state index is 11.5. The Morgan fingerprint density at radius 2 is 2.00 bits per heavy atom. The molecule has 17 heavy (non-hydrogen) atoms. The number of anilines is 1. The summed E-state index contributed by atoms with van der Waals surface area (Å²) in [5, 5.41) is 12.3. The molecule has 1 aliphatic carbocycles. The van der Waals surface area contributed by atoms with Crippen LogP contribution in [0, 0.1) is 5.92 Å². The van der Waals surface area contributed by atoms with Gasteiger partial charge in [0.05, 0.1) is 0 Å². The molecular formula is C12H11N3OS. The molecule has 3 rings (SSSR count). The number of rotatable bonds is 3. The Bertz CT molecular complexity index is 534. The fourth-order valence-electron chi connectivity index (χ4n) is 1.52.